The Morgan fingerprint density at radius 3 is 2.50 bits per heavy atom. The molecule has 2 aromatic rings. The Labute approximate surface area is 154 Å². The molecule has 26 heavy (non-hydrogen) atoms. The summed E-state index contributed by atoms with van der Waals surface area (Å²) in [5.74, 6) is -0.147. The number of pyridine rings is 1. The number of nitrogens with zero attached hydrogens (tertiary/aromatic N) is 1. The van der Waals surface area contributed by atoms with E-state index >= 15 is 0 Å². The molecule has 3 rings (SSSR count). The van der Waals surface area contributed by atoms with E-state index in [1.807, 2.05) is 43.3 Å². The first kappa shape index (κ1) is 18.1. The first-order valence-corrected chi connectivity index (χ1v) is 9.03. The number of nitrogens with one attached hydrogen (secondary N) is 2. The zero-order chi connectivity index (χ0) is 18.7. The number of hydrogen-bond donors (Lipinski definition) is 2. The van der Waals surface area contributed by atoms with Crippen LogP contribution in [0.15, 0.2) is 42.6 Å². The van der Waals surface area contributed by atoms with Crippen LogP contribution >= 0.6 is 0 Å². The third-order valence-electron chi connectivity index (χ3n) is 4.94. The lowest BCUT2D eigenvalue weighted by Crippen LogP contribution is -2.40. The second-order valence-corrected chi connectivity index (χ2v) is 7.23. The fraction of sp³-hybridized carbons (Fsp3) is 0.381. The Morgan fingerprint density at radius 1 is 1.12 bits per heavy atom. The van der Waals surface area contributed by atoms with Crippen molar-refractivity contribution in [1.82, 2.24) is 10.3 Å². The average Bonchev–Trinajstić information content (AvgIpc) is 3.44. The molecule has 2 amide bonds. The van der Waals surface area contributed by atoms with Crippen molar-refractivity contribution in [1.29, 1.82) is 0 Å². The Hall–Kier alpha value is -2.69. The van der Waals surface area contributed by atoms with Gasteiger partial charge in [0, 0.05) is 11.9 Å². The monoisotopic (exact) mass is 351 g/mol. The summed E-state index contributed by atoms with van der Waals surface area (Å²) >= 11 is 0. The van der Waals surface area contributed by atoms with Crippen molar-refractivity contribution in [2.24, 2.45) is 5.41 Å². The summed E-state index contributed by atoms with van der Waals surface area (Å²) in [5.41, 5.74) is 2.75. The Morgan fingerprint density at radius 2 is 1.88 bits per heavy atom. The summed E-state index contributed by atoms with van der Waals surface area (Å²) in [7, 11) is 0. The van der Waals surface area contributed by atoms with Crippen LogP contribution in [0.2, 0.25) is 0 Å². The van der Waals surface area contributed by atoms with Crippen molar-refractivity contribution in [2.75, 3.05) is 5.32 Å². The van der Waals surface area contributed by atoms with Gasteiger partial charge in [-0.05, 0) is 48.9 Å². The molecule has 1 aliphatic carbocycles. The molecule has 0 radical (unpaired) electrons. The molecule has 1 aromatic carbocycles. The van der Waals surface area contributed by atoms with Gasteiger partial charge in [-0.2, -0.15) is 0 Å². The van der Waals surface area contributed by atoms with E-state index in [2.05, 4.69) is 29.5 Å². The molecule has 1 aliphatic rings. The number of anilines is 1. The normalized spacial score (nSPS) is 14.8. The number of rotatable bonds is 6. The molecule has 136 valence electrons. The predicted molar refractivity (Wildman–Crippen MR) is 102 cm³/mol. The van der Waals surface area contributed by atoms with Crippen LogP contribution in [-0.2, 0) is 16.1 Å². The van der Waals surface area contributed by atoms with Crippen molar-refractivity contribution >= 4 is 17.5 Å². The lowest BCUT2D eigenvalue weighted by Gasteiger charge is -2.20. The summed E-state index contributed by atoms with van der Waals surface area (Å²) in [6.07, 6.45) is 2.85. The molecule has 2 N–H and O–H groups in total. The van der Waals surface area contributed by atoms with Crippen LogP contribution in [0.3, 0.4) is 0 Å². The second kappa shape index (κ2) is 7.28. The number of aryl methyl sites for hydroxylation is 1. The second-order valence-electron chi connectivity index (χ2n) is 7.23. The van der Waals surface area contributed by atoms with E-state index in [9.17, 15) is 9.59 Å². The molecule has 1 heterocycles. The highest BCUT2D eigenvalue weighted by atomic mass is 16.2. The van der Waals surface area contributed by atoms with E-state index in [0.717, 1.165) is 22.5 Å². The lowest BCUT2D eigenvalue weighted by atomic mass is 9.97. The maximum absolute atomic E-state index is 12.9. The molecule has 0 saturated heterocycles. The smallest absolute Gasteiger partial charge is 0.240 e. The molecular formula is C21H25N3O2. The van der Waals surface area contributed by atoms with Gasteiger partial charge in [0.25, 0.3) is 0 Å². The Kier molecular flexibility index (Phi) is 5.07. The van der Waals surface area contributed by atoms with Crippen molar-refractivity contribution in [2.45, 2.75) is 46.1 Å². The van der Waals surface area contributed by atoms with Crippen LogP contribution in [0.1, 0.15) is 49.4 Å². The molecule has 1 aromatic heterocycles. The third kappa shape index (κ3) is 3.62. The van der Waals surface area contributed by atoms with Crippen molar-refractivity contribution in [3.05, 3.63) is 59.4 Å². The van der Waals surface area contributed by atoms with Crippen LogP contribution < -0.4 is 10.6 Å². The van der Waals surface area contributed by atoms with Gasteiger partial charge in [-0.3, -0.25) is 14.6 Å². The number of carbonyl (C=O) groups is 2. The van der Waals surface area contributed by atoms with E-state index in [1.54, 1.807) is 6.20 Å². The minimum Gasteiger partial charge on any atom is -0.350 e. The molecule has 0 bridgehead atoms. The summed E-state index contributed by atoms with van der Waals surface area (Å²) in [6, 6.07) is 11.5. The van der Waals surface area contributed by atoms with E-state index in [-0.39, 0.29) is 11.8 Å². The highest BCUT2D eigenvalue weighted by Gasteiger charge is 2.56. The number of amides is 2. The molecule has 0 unspecified atom stereocenters. The third-order valence-corrected chi connectivity index (χ3v) is 4.94. The van der Waals surface area contributed by atoms with E-state index in [0.29, 0.717) is 25.3 Å². The molecule has 0 atom stereocenters. The lowest BCUT2D eigenvalue weighted by molar-refractivity contribution is -0.134. The quantitative estimate of drug-likeness (QED) is 0.782. The number of hydrogen-bond acceptors (Lipinski definition) is 3. The summed E-state index contributed by atoms with van der Waals surface area (Å²) < 4.78 is 0. The summed E-state index contributed by atoms with van der Waals surface area (Å²) in [6.45, 7) is 6.49. The Bertz CT molecular complexity index is 811. The largest absolute Gasteiger partial charge is 0.350 e. The van der Waals surface area contributed by atoms with Gasteiger partial charge in [-0.25, -0.2) is 0 Å². The summed E-state index contributed by atoms with van der Waals surface area (Å²) in [4.78, 5) is 29.7. The van der Waals surface area contributed by atoms with Crippen molar-refractivity contribution < 1.29 is 9.59 Å². The molecule has 1 saturated carbocycles. The van der Waals surface area contributed by atoms with E-state index < -0.39 is 5.41 Å². The highest BCUT2D eigenvalue weighted by Crippen LogP contribution is 2.47. The number of aromatic nitrogens is 1. The Balaban J connectivity index is 1.71. The van der Waals surface area contributed by atoms with Crippen LogP contribution in [0.4, 0.5) is 5.69 Å². The molecule has 5 nitrogen and oxygen atoms in total. The topological polar surface area (TPSA) is 71.1 Å². The number of carbonyl (C=O) groups excluding carboxylic acids is 2. The first-order valence-electron chi connectivity index (χ1n) is 9.03. The van der Waals surface area contributed by atoms with Gasteiger partial charge in [-0.15, -0.1) is 0 Å². The average molecular weight is 351 g/mol. The zero-order valence-corrected chi connectivity index (χ0v) is 15.5. The standard InChI is InChI=1S/C21H25N3O2/c1-14(2)17-9-6-7-15(3)18(17)24-20(26)21(10-11-21)19(25)23-13-16-8-4-5-12-22-16/h4-9,12,14H,10-11,13H2,1-3H3,(H,23,25)(H,24,26). The van der Waals surface area contributed by atoms with Gasteiger partial charge in [0.1, 0.15) is 5.41 Å². The maximum atomic E-state index is 12.9. The minimum atomic E-state index is -0.953. The summed E-state index contributed by atoms with van der Waals surface area (Å²) in [5, 5.41) is 5.88. The molecule has 1 fully saturated rings. The van der Waals surface area contributed by atoms with Gasteiger partial charge < -0.3 is 10.6 Å². The maximum Gasteiger partial charge on any atom is 0.240 e. The van der Waals surface area contributed by atoms with Crippen LogP contribution in [0, 0.1) is 12.3 Å². The fourth-order valence-electron chi connectivity index (χ4n) is 3.10. The van der Waals surface area contributed by atoms with Gasteiger partial charge in [0.15, 0.2) is 0 Å². The number of benzene rings is 1. The first-order chi connectivity index (χ1) is 12.4. The van der Waals surface area contributed by atoms with Gasteiger partial charge in [0.2, 0.25) is 11.8 Å². The molecule has 0 spiro atoms. The SMILES string of the molecule is Cc1cccc(C(C)C)c1NC(=O)C1(C(=O)NCc2ccccn2)CC1. The van der Waals surface area contributed by atoms with Crippen molar-refractivity contribution in [3.8, 4) is 0 Å². The van der Waals surface area contributed by atoms with Crippen LogP contribution in [0.25, 0.3) is 0 Å². The van der Waals surface area contributed by atoms with E-state index in [4.69, 9.17) is 0 Å². The highest BCUT2D eigenvalue weighted by molar-refractivity contribution is 6.13. The fourth-order valence-corrected chi connectivity index (χ4v) is 3.10. The van der Waals surface area contributed by atoms with E-state index in [1.165, 1.54) is 0 Å². The zero-order valence-electron chi connectivity index (χ0n) is 15.5. The van der Waals surface area contributed by atoms with Crippen molar-refractivity contribution in [3.63, 3.8) is 0 Å². The predicted octanol–water partition coefficient (Wildman–Crippen LogP) is 3.55. The van der Waals surface area contributed by atoms with Gasteiger partial charge in [-0.1, -0.05) is 38.1 Å². The van der Waals surface area contributed by atoms with Crippen LogP contribution in [-0.4, -0.2) is 16.8 Å². The molecule has 5 heteroatoms. The van der Waals surface area contributed by atoms with Gasteiger partial charge >= 0.3 is 0 Å². The van der Waals surface area contributed by atoms with Gasteiger partial charge in [0.05, 0.1) is 12.2 Å². The molecule has 0 aliphatic heterocycles. The molecular weight excluding hydrogens is 326 g/mol. The minimum absolute atomic E-state index is 0.216. The van der Waals surface area contributed by atoms with Crippen LogP contribution in [0.5, 0.6) is 0 Å². The number of para-hydroxylation sites is 1.